The van der Waals surface area contributed by atoms with Crippen molar-refractivity contribution in [3.8, 4) is 0 Å². The van der Waals surface area contributed by atoms with E-state index in [1.165, 1.54) is 21.3 Å². The molecule has 0 aliphatic carbocycles. The molecule has 2 aromatic rings. The number of benzene rings is 1. The first-order chi connectivity index (χ1) is 12.2. The van der Waals surface area contributed by atoms with Crippen molar-refractivity contribution >= 4 is 38.5 Å². The molecule has 0 N–H and O–H groups in total. The molecule has 1 aromatic carbocycles. The summed E-state index contributed by atoms with van der Waals surface area (Å²) in [5.41, 5.74) is 0.600. The Morgan fingerprint density at radius 1 is 1.23 bits per heavy atom. The maximum atomic E-state index is 13.4. The van der Waals surface area contributed by atoms with Gasteiger partial charge in [0.05, 0.1) is 5.56 Å². The topological polar surface area (TPSA) is 83.7 Å². The Hall–Kier alpha value is -1.53. The van der Waals surface area contributed by atoms with Gasteiger partial charge in [0.2, 0.25) is 10.0 Å². The fourth-order valence-corrected chi connectivity index (χ4v) is 5.21. The molecule has 0 spiro atoms. The lowest BCUT2D eigenvalue weighted by molar-refractivity contribution is 0.0696. The van der Waals surface area contributed by atoms with Crippen LogP contribution in [-0.2, 0) is 10.0 Å². The molecule has 2 heterocycles. The Morgan fingerprint density at radius 3 is 2.46 bits per heavy atom. The molecule has 140 valence electrons. The van der Waals surface area contributed by atoms with Crippen LogP contribution in [0.1, 0.15) is 21.8 Å². The zero-order chi connectivity index (χ0) is 19.1. The van der Waals surface area contributed by atoms with Crippen LogP contribution in [0.25, 0.3) is 0 Å². The van der Waals surface area contributed by atoms with Crippen LogP contribution in [0.2, 0.25) is 0 Å². The van der Waals surface area contributed by atoms with Crippen molar-refractivity contribution in [1.29, 1.82) is 0 Å². The molecule has 26 heavy (non-hydrogen) atoms. The summed E-state index contributed by atoms with van der Waals surface area (Å²) in [6.45, 7) is 3.91. The molecule has 1 saturated heterocycles. The van der Waals surface area contributed by atoms with E-state index in [1.54, 1.807) is 19.9 Å². The highest BCUT2D eigenvalue weighted by Crippen LogP contribution is 2.25. The van der Waals surface area contributed by atoms with E-state index in [0.717, 1.165) is 0 Å². The minimum atomic E-state index is -3.73. The van der Waals surface area contributed by atoms with Crippen molar-refractivity contribution < 1.29 is 22.1 Å². The van der Waals surface area contributed by atoms with Crippen molar-refractivity contribution in [3.63, 3.8) is 0 Å². The van der Waals surface area contributed by atoms with E-state index in [2.05, 4.69) is 5.16 Å². The minimum Gasteiger partial charge on any atom is -0.360 e. The average molecular weight is 493 g/mol. The summed E-state index contributed by atoms with van der Waals surface area (Å²) in [6, 6.07) is 4.05. The number of hydrogen-bond acceptors (Lipinski definition) is 5. The number of piperazine rings is 1. The Labute approximate surface area is 164 Å². The van der Waals surface area contributed by atoms with Gasteiger partial charge >= 0.3 is 0 Å². The molecule has 0 unspecified atom stereocenters. The van der Waals surface area contributed by atoms with Gasteiger partial charge in [-0.2, -0.15) is 4.31 Å². The molecule has 1 amide bonds. The second-order valence-corrected chi connectivity index (χ2v) is 9.01. The molecule has 0 radical (unpaired) electrons. The SMILES string of the molecule is Cc1noc(C)c1S(=O)(=O)N1CCN(C(=O)c2cc(F)ccc2I)CC1. The summed E-state index contributed by atoms with van der Waals surface area (Å²) in [4.78, 5) is 14.2. The monoisotopic (exact) mass is 493 g/mol. The number of hydrogen-bond donors (Lipinski definition) is 0. The summed E-state index contributed by atoms with van der Waals surface area (Å²) in [6.07, 6.45) is 0. The van der Waals surface area contributed by atoms with E-state index in [1.807, 2.05) is 22.6 Å². The van der Waals surface area contributed by atoms with E-state index in [0.29, 0.717) is 9.26 Å². The van der Waals surface area contributed by atoms with E-state index in [-0.39, 0.29) is 48.3 Å². The molecule has 7 nitrogen and oxygen atoms in total. The number of aryl methyl sites for hydroxylation is 2. The third kappa shape index (κ3) is 3.49. The van der Waals surface area contributed by atoms with Crippen LogP contribution in [0.4, 0.5) is 4.39 Å². The average Bonchev–Trinajstić information content (AvgIpc) is 2.95. The first kappa shape index (κ1) is 19.2. The minimum absolute atomic E-state index is 0.0805. The number of sulfonamides is 1. The van der Waals surface area contributed by atoms with E-state index >= 15 is 0 Å². The summed E-state index contributed by atoms with van der Waals surface area (Å²) < 4.78 is 46.0. The Balaban J connectivity index is 1.75. The highest BCUT2D eigenvalue weighted by atomic mass is 127. The smallest absolute Gasteiger partial charge is 0.255 e. The molecule has 1 aliphatic heterocycles. The Kier molecular flexibility index (Phi) is 5.35. The Morgan fingerprint density at radius 2 is 1.88 bits per heavy atom. The quantitative estimate of drug-likeness (QED) is 0.613. The van der Waals surface area contributed by atoms with Gasteiger partial charge in [0.25, 0.3) is 5.91 Å². The second kappa shape index (κ2) is 7.24. The zero-order valence-electron chi connectivity index (χ0n) is 14.2. The molecule has 10 heteroatoms. The first-order valence-electron chi connectivity index (χ1n) is 7.89. The van der Waals surface area contributed by atoms with E-state index in [4.69, 9.17) is 4.52 Å². The van der Waals surface area contributed by atoms with Crippen LogP contribution in [0.15, 0.2) is 27.6 Å². The summed E-state index contributed by atoms with van der Waals surface area (Å²) >= 11 is 1.98. The highest BCUT2D eigenvalue weighted by molar-refractivity contribution is 14.1. The standard InChI is InChI=1S/C16H17FIN3O4S/c1-10-15(11(2)25-19-10)26(23,24)21-7-5-20(6-8-21)16(22)13-9-12(17)3-4-14(13)18/h3-4,9H,5-8H2,1-2H3. The molecule has 3 rings (SSSR count). The molecule has 1 aromatic heterocycles. The number of amides is 1. The van der Waals surface area contributed by atoms with Crippen LogP contribution in [0, 0.1) is 23.2 Å². The lowest BCUT2D eigenvalue weighted by Gasteiger charge is -2.34. The zero-order valence-corrected chi connectivity index (χ0v) is 17.2. The van der Waals surface area contributed by atoms with Gasteiger partial charge in [0, 0.05) is 29.7 Å². The van der Waals surface area contributed by atoms with Gasteiger partial charge in [0.1, 0.15) is 16.4 Å². The number of halogens is 2. The third-order valence-corrected chi connectivity index (χ3v) is 7.33. The van der Waals surface area contributed by atoms with Crippen molar-refractivity contribution in [3.05, 3.63) is 44.6 Å². The number of nitrogens with zero attached hydrogens (tertiary/aromatic N) is 3. The summed E-state index contributed by atoms with van der Waals surface area (Å²) in [5.74, 6) is -0.535. The maximum absolute atomic E-state index is 13.4. The van der Waals surface area contributed by atoms with Gasteiger partial charge < -0.3 is 9.42 Å². The van der Waals surface area contributed by atoms with Gasteiger partial charge in [-0.15, -0.1) is 0 Å². The maximum Gasteiger partial charge on any atom is 0.255 e. The van der Waals surface area contributed by atoms with Crippen molar-refractivity contribution in [2.45, 2.75) is 18.7 Å². The molecule has 0 saturated carbocycles. The number of carbonyl (C=O) groups is 1. The lowest BCUT2D eigenvalue weighted by Crippen LogP contribution is -2.50. The molecule has 1 fully saturated rings. The van der Waals surface area contributed by atoms with Gasteiger partial charge in [-0.3, -0.25) is 4.79 Å². The third-order valence-electron chi connectivity index (χ3n) is 4.25. The van der Waals surface area contributed by atoms with Gasteiger partial charge in [-0.05, 0) is 54.6 Å². The summed E-state index contributed by atoms with van der Waals surface area (Å²) in [7, 11) is -3.73. The predicted molar refractivity (Wildman–Crippen MR) is 99.8 cm³/mol. The lowest BCUT2D eigenvalue weighted by atomic mass is 10.2. The predicted octanol–water partition coefficient (Wildman–Crippen LogP) is 2.18. The molecule has 0 atom stereocenters. The van der Waals surface area contributed by atoms with E-state index < -0.39 is 15.8 Å². The largest absolute Gasteiger partial charge is 0.360 e. The number of aromatic nitrogens is 1. The van der Waals surface area contributed by atoms with Crippen molar-refractivity contribution in [1.82, 2.24) is 14.4 Å². The summed E-state index contributed by atoms with van der Waals surface area (Å²) in [5, 5.41) is 3.70. The van der Waals surface area contributed by atoms with Crippen LogP contribution < -0.4 is 0 Å². The fraction of sp³-hybridized carbons (Fsp3) is 0.375. The number of rotatable bonds is 3. The fourth-order valence-electron chi connectivity index (χ4n) is 2.94. The normalized spacial score (nSPS) is 16.1. The van der Waals surface area contributed by atoms with E-state index in [9.17, 15) is 17.6 Å². The Bertz CT molecular complexity index is 933. The van der Waals surface area contributed by atoms with Crippen LogP contribution in [0.3, 0.4) is 0 Å². The molecular formula is C16H17FIN3O4S. The van der Waals surface area contributed by atoms with Crippen LogP contribution >= 0.6 is 22.6 Å². The number of carbonyl (C=O) groups excluding carboxylic acids is 1. The van der Waals surface area contributed by atoms with Gasteiger partial charge in [-0.1, -0.05) is 5.16 Å². The molecule has 0 bridgehead atoms. The van der Waals surface area contributed by atoms with Crippen molar-refractivity contribution in [2.24, 2.45) is 0 Å². The van der Waals surface area contributed by atoms with Crippen molar-refractivity contribution in [2.75, 3.05) is 26.2 Å². The first-order valence-corrected chi connectivity index (χ1v) is 10.4. The van der Waals surface area contributed by atoms with Gasteiger partial charge in [-0.25, -0.2) is 12.8 Å². The molecule has 1 aliphatic rings. The van der Waals surface area contributed by atoms with Gasteiger partial charge in [0.15, 0.2) is 5.76 Å². The second-order valence-electron chi connectivity index (χ2n) is 5.97. The van der Waals surface area contributed by atoms with Crippen LogP contribution in [-0.4, -0.2) is 54.9 Å². The molecular weight excluding hydrogens is 476 g/mol. The van der Waals surface area contributed by atoms with Crippen LogP contribution in [0.5, 0.6) is 0 Å². The highest BCUT2D eigenvalue weighted by Gasteiger charge is 2.34.